The molecule has 1 amide bonds. The number of halogens is 4. The molecule has 0 aromatic heterocycles. The molecule has 6 nitrogen and oxygen atoms in total. The van der Waals surface area contributed by atoms with Crippen LogP contribution in [0.15, 0.2) is 83.1 Å². The number of ether oxygens (including phenoxy) is 1. The summed E-state index contributed by atoms with van der Waals surface area (Å²) >= 11 is 0.838. The maximum Gasteiger partial charge on any atom is 0.418 e. The Labute approximate surface area is 214 Å². The van der Waals surface area contributed by atoms with Crippen LogP contribution < -0.4 is 10.6 Å². The zero-order chi connectivity index (χ0) is 27.2. The van der Waals surface area contributed by atoms with Crippen molar-refractivity contribution in [1.82, 2.24) is 5.32 Å². The van der Waals surface area contributed by atoms with E-state index in [1.54, 1.807) is 6.07 Å². The van der Waals surface area contributed by atoms with Crippen LogP contribution in [0.3, 0.4) is 0 Å². The summed E-state index contributed by atoms with van der Waals surface area (Å²) in [5.41, 5.74) is -1.12. The highest BCUT2D eigenvalue weighted by molar-refractivity contribution is 8.03. The van der Waals surface area contributed by atoms with Crippen LogP contribution in [0.4, 0.5) is 23.2 Å². The minimum atomic E-state index is -4.66. The van der Waals surface area contributed by atoms with E-state index in [1.807, 2.05) is 6.07 Å². The number of hydrogen-bond acceptors (Lipinski definition) is 6. The van der Waals surface area contributed by atoms with E-state index in [9.17, 15) is 32.4 Å². The molecule has 192 valence electrons. The number of nitriles is 1. The average Bonchev–Trinajstić information content (AvgIpc) is 2.85. The van der Waals surface area contributed by atoms with Crippen molar-refractivity contribution in [1.29, 1.82) is 5.26 Å². The molecule has 37 heavy (non-hydrogen) atoms. The smallest absolute Gasteiger partial charge is 0.418 e. The molecule has 0 unspecified atom stereocenters. The normalized spacial score (nSPS) is 15.5. The lowest BCUT2D eigenvalue weighted by Gasteiger charge is -2.29. The third-order valence-corrected chi connectivity index (χ3v) is 6.29. The fourth-order valence-electron chi connectivity index (χ4n) is 3.69. The van der Waals surface area contributed by atoms with Gasteiger partial charge >= 0.3 is 12.1 Å². The third-order valence-electron chi connectivity index (χ3n) is 5.27. The number of nitrogens with one attached hydrogen (secondary N) is 2. The SMILES string of the molecule is C=CCOC(=O)C1=C(C)NC(SCC(=O)Nc2ccccc2C(F)(F)F)=C(C#N)[C@H]1c1ccccc1F. The van der Waals surface area contributed by atoms with Gasteiger partial charge < -0.3 is 15.4 Å². The zero-order valence-electron chi connectivity index (χ0n) is 19.5. The first-order chi connectivity index (χ1) is 17.6. The van der Waals surface area contributed by atoms with Crippen LogP contribution in [0.5, 0.6) is 0 Å². The molecule has 0 aliphatic carbocycles. The number of hydrogen-bond donors (Lipinski definition) is 2. The second kappa shape index (κ2) is 11.8. The van der Waals surface area contributed by atoms with Crippen molar-refractivity contribution < 1.29 is 31.9 Å². The number of thioether (sulfide) groups is 1. The van der Waals surface area contributed by atoms with Gasteiger partial charge in [-0.1, -0.05) is 54.7 Å². The Morgan fingerprint density at radius 1 is 1.22 bits per heavy atom. The molecule has 1 atom stereocenters. The number of dihydropyridines is 1. The molecule has 0 saturated heterocycles. The molecule has 1 heterocycles. The molecule has 0 bridgehead atoms. The van der Waals surface area contributed by atoms with Gasteiger partial charge in [0.1, 0.15) is 12.4 Å². The Kier molecular flexibility index (Phi) is 8.78. The number of allylic oxidation sites excluding steroid dienone is 2. The summed E-state index contributed by atoms with van der Waals surface area (Å²) < 4.78 is 59.7. The van der Waals surface area contributed by atoms with Crippen LogP contribution in [-0.2, 0) is 20.5 Å². The first-order valence-electron chi connectivity index (χ1n) is 10.8. The van der Waals surface area contributed by atoms with Crippen molar-refractivity contribution in [3.8, 4) is 6.07 Å². The number of para-hydroxylation sites is 1. The lowest BCUT2D eigenvalue weighted by atomic mass is 9.82. The predicted octanol–water partition coefficient (Wildman–Crippen LogP) is 5.64. The molecular weight excluding hydrogens is 510 g/mol. The van der Waals surface area contributed by atoms with E-state index >= 15 is 0 Å². The molecule has 1 aliphatic rings. The summed E-state index contributed by atoms with van der Waals surface area (Å²) in [5.74, 6) is -3.70. The predicted molar refractivity (Wildman–Crippen MR) is 131 cm³/mol. The second-order valence-corrected chi connectivity index (χ2v) is 8.73. The van der Waals surface area contributed by atoms with Gasteiger partial charge in [-0.15, -0.1) is 0 Å². The van der Waals surface area contributed by atoms with Gasteiger partial charge in [0.25, 0.3) is 0 Å². The second-order valence-electron chi connectivity index (χ2n) is 7.74. The van der Waals surface area contributed by atoms with Gasteiger partial charge in [0.15, 0.2) is 0 Å². The van der Waals surface area contributed by atoms with Gasteiger partial charge in [-0.3, -0.25) is 4.79 Å². The molecule has 3 rings (SSSR count). The Hall–Kier alpha value is -4.04. The van der Waals surface area contributed by atoms with Crippen LogP contribution in [0.1, 0.15) is 24.0 Å². The largest absolute Gasteiger partial charge is 0.458 e. The number of rotatable bonds is 8. The quantitative estimate of drug-likeness (QED) is 0.260. The van der Waals surface area contributed by atoms with Crippen molar-refractivity contribution in [2.24, 2.45) is 0 Å². The molecule has 0 saturated carbocycles. The van der Waals surface area contributed by atoms with E-state index in [0.717, 1.165) is 23.9 Å². The topological polar surface area (TPSA) is 91.2 Å². The number of carbonyl (C=O) groups excluding carboxylic acids is 2. The molecule has 1 aliphatic heterocycles. The van der Waals surface area contributed by atoms with E-state index in [0.29, 0.717) is 0 Å². The Morgan fingerprint density at radius 3 is 2.54 bits per heavy atom. The Balaban J connectivity index is 1.92. The third kappa shape index (κ3) is 6.40. The number of esters is 1. The van der Waals surface area contributed by atoms with Crippen molar-refractivity contribution in [2.45, 2.75) is 19.0 Å². The van der Waals surface area contributed by atoms with Gasteiger partial charge in [-0.05, 0) is 25.1 Å². The molecule has 2 aromatic carbocycles. The first-order valence-corrected chi connectivity index (χ1v) is 11.8. The summed E-state index contributed by atoms with van der Waals surface area (Å²) in [6.07, 6.45) is -3.30. The van der Waals surface area contributed by atoms with Crippen LogP contribution in [-0.4, -0.2) is 24.2 Å². The number of anilines is 1. The van der Waals surface area contributed by atoms with Crippen molar-refractivity contribution in [3.05, 3.63) is 100 Å². The van der Waals surface area contributed by atoms with E-state index in [4.69, 9.17) is 4.74 Å². The molecule has 2 aromatic rings. The first kappa shape index (κ1) is 27.5. The van der Waals surface area contributed by atoms with Gasteiger partial charge in [0.2, 0.25) is 5.91 Å². The van der Waals surface area contributed by atoms with E-state index in [1.165, 1.54) is 43.3 Å². The molecule has 0 radical (unpaired) electrons. The van der Waals surface area contributed by atoms with Gasteiger partial charge in [-0.25, -0.2) is 9.18 Å². The van der Waals surface area contributed by atoms with Gasteiger partial charge in [-0.2, -0.15) is 18.4 Å². The minimum absolute atomic E-state index is 0.0106. The Morgan fingerprint density at radius 2 is 1.89 bits per heavy atom. The van der Waals surface area contributed by atoms with Crippen molar-refractivity contribution in [3.63, 3.8) is 0 Å². The van der Waals surface area contributed by atoms with E-state index in [2.05, 4.69) is 17.2 Å². The lowest BCUT2D eigenvalue weighted by molar-refractivity contribution is -0.138. The molecule has 2 N–H and O–H groups in total. The van der Waals surface area contributed by atoms with Crippen LogP contribution in [0.2, 0.25) is 0 Å². The van der Waals surface area contributed by atoms with Gasteiger partial charge in [0.05, 0.1) is 45.2 Å². The fourth-order valence-corrected chi connectivity index (χ4v) is 4.58. The van der Waals surface area contributed by atoms with E-state index in [-0.39, 0.29) is 39.8 Å². The molecule has 11 heteroatoms. The van der Waals surface area contributed by atoms with Gasteiger partial charge in [0, 0.05) is 11.3 Å². The maximum absolute atomic E-state index is 14.8. The minimum Gasteiger partial charge on any atom is -0.458 e. The number of alkyl halides is 3. The summed E-state index contributed by atoms with van der Waals surface area (Å²) in [7, 11) is 0. The zero-order valence-corrected chi connectivity index (χ0v) is 20.3. The summed E-state index contributed by atoms with van der Waals surface area (Å²) in [5, 5.41) is 15.3. The number of carbonyl (C=O) groups is 2. The molecule has 0 fully saturated rings. The highest BCUT2D eigenvalue weighted by atomic mass is 32.2. The standard InChI is InChI=1S/C26H21F4N3O3S/c1-3-12-36-25(35)22-15(2)32-24(17(13-31)23(22)16-8-4-6-10-19(16)27)37-14-21(34)33-20-11-7-5-9-18(20)26(28,29)30/h3-11,23,32H,1,12,14H2,2H3,(H,33,34)/t23-/m1/s1. The van der Waals surface area contributed by atoms with Crippen LogP contribution >= 0.6 is 11.8 Å². The number of nitrogens with zero attached hydrogens (tertiary/aromatic N) is 1. The Bertz CT molecular complexity index is 1330. The maximum atomic E-state index is 14.8. The monoisotopic (exact) mass is 531 g/mol. The molecule has 0 spiro atoms. The summed E-state index contributed by atoms with van der Waals surface area (Å²) in [4.78, 5) is 25.3. The summed E-state index contributed by atoms with van der Waals surface area (Å²) in [6.45, 7) is 4.92. The van der Waals surface area contributed by atoms with E-state index < -0.39 is 41.0 Å². The lowest BCUT2D eigenvalue weighted by Crippen LogP contribution is -2.30. The van der Waals surface area contributed by atoms with Crippen molar-refractivity contribution in [2.75, 3.05) is 17.7 Å². The highest BCUT2D eigenvalue weighted by Crippen LogP contribution is 2.42. The fraction of sp³-hybridized carbons (Fsp3) is 0.192. The van der Waals surface area contributed by atoms with Crippen LogP contribution in [0, 0.1) is 17.1 Å². The summed E-state index contributed by atoms with van der Waals surface area (Å²) in [6, 6.07) is 12.2. The highest BCUT2D eigenvalue weighted by Gasteiger charge is 2.37. The van der Waals surface area contributed by atoms with Crippen molar-refractivity contribution >= 4 is 29.3 Å². The number of amides is 1. The average molecular weight is 532 g/mol. The molecular formula is C26H21F4N3O3S. The van der Waals surface area contributed by atoms with Crippen LogP contribution in [0.25, 0.3) is 0 Å². The number of benzene rings is 2.